The molecule has 1 atom stereocenters. The quantitative estimate of drug-likeness (QED) is 0.357. The van der Waals surface area contributed by atoms with Crippen molar-refractivity contribution < 1.29 is 23.7 Å². The maximum absolute atomic E-state index is 14.0. The Morgan fingerprint density at radius 3 is 2.58 bits per heavy atom. The summed E-state index contributed by atoms with van der Waals surface area (Å²) in [5, 5.41) is 0. The van der Waals surface area contributed by atoms with Crippen molar-refractivity contribution in [2.75, 3.05) is 20.8 Å². The zero-order valence-corrected chi connectivity index (χ0v) is 24.4. The van der Waals surface area contributed by atoms with Crippen LogP contribution in [0.3, 0.4) is 0 Å². The summed E-state index contributed by atoms with van der Waals surface area (Å²) in [5.74, 6) is 1.11. The number of hydrogen-bond donors (Lipinski definition) is 0. The van der Waals surface area contributed by atoms with Gasteiger partial charge in [-0.2, -0.15) is 0 Å². The van der Waals surface area contributed by atoms with Crippen LogP contribution in [0.25, 0.3) is 6.08 Å². The van der Waals surface area contributed by atoms with Gasteiger partial charge in [0.05, 0.1) is 42.7 Å². The van der Waals surface area contributed by atoms with Gasteiger partial charge >= 0.3 is 5.97 Å². The summed E-state index contributed by atoms with van der Waals surface area (Å²) in [6.45, 7) is 7.63. The molecule has 0 spiro atoms. The van der Waals surface area contributed by atoms with Crippen molar-refractivity contribution in [3.63, 3.8) is 0 Å². The molecule has 0 saturated heterocycles. The predicted octanol–water partition coefficient (Wildman–Crippen LogP) is 4.37. The minimum atomic E-state index is -0.802. The van der Waals surface area contributed by atoms with Crippen LogP contribution >= 0.6 is 27.3 Å². The number of benzene rings is 2. The second kappa shape index (κ2) is 11.6. The van der Waals surface area contributed by atoms with Gasteiger partial charge in [0.25, 0.3) is 5.56 Å². The minimum absolute atomic E-state index is 0.283. The molecule has 1 aromatic heterocycles. The Labute approximate surface area is 233 Å². The molecule has 3 aromatic rings. The second-order valence-corrected chi connectivity index (χ2v) is 10.7. The molecule has 1 aliphatic rings. The topological polar surface area (TPSA) is 88.4 Å². The number of esters is 1. The summed E-state index contributed by atoms with van der Waals surface area (Å²) < 4.78 is 25.3. The van der Waals surface area contributed by atoms with Gasteiger partial charge in [-0.1, -0.05) is 39.4 Å². The molecule has 10 heteroatoms. The Hall–Kier alpha value is -3.37. The van der Waals surface area contributed by atoms with E-state index in [4.69, 9.17) is 18.9 Å². The SMILES string of the molecule is CCOc1c(/C=c2\sc3n(c2=O)[C@H](c2cc(Br)ccc2OC)C(C(=O)OC(C)C)=C(C)N=3)cccc1OC. The van der Waals surface area contributed by atoms with Crippen LogP contribution in [0.5, 0.6) is 17.2 Å². The number of carbonyl (C=O) groups excluding carboxylic acids is 1. The van der Waals surface area contributed by atoms with Crippen LogP contribution in [-0.2, 0) is 9.53 Å². The van der Waals surface area contributed by atoms with E-state index in [-0.39, 0.29) is 17.2 Å². The molecule has 0 bridgehead atoms. The Kier molecular flexibility index (Phi) is 8.42. The lowest BCUT2D eigenvalue weighted by atomic mass is 9.95. The van der Waals surface area contributed by atoms with Gasteiger partial charge < -0.3 is 18.9 Å². The van der Waals surface area contributed by atoms with Crippen LogP contribution < -0.4 is 29.1 Å². The molecule has 1 aliphatic heterocycles. The Balaban J connectivity index is 2.01. The molecule has 0 saturated carbocycles. The van der Waals surface area contributed by atoms with Gasteiger partial charge in [-0.3, -0.25) is 9.36 Å². The first-order chi connectivity index (χ1) is 18.2. The number of thiazole rings is 1. The first-order valence-electron chi connectivity index (χ1n) is 12.1. The van der Waals surface area contributed by atoms with E-state index in [9.17, 15) is 9.59 Å². The number of carbonyl (C=O) groups is 1. The van der Waals surface area contributed by atoms with Crippen molar-refractivity contribution in [2.24, 2.45) is 4.99 Å². The summed E-state index contributed by atoms with van der Waals surface area (Å²) in [4.78, 5) is 32.5. The lowest BCUT2D eigenvalue weighted by Gasteiger charge is -2.26. The lowest BCUT2D eigenvalue weighted by Crippen LogP contribution is -2.40. The van der Waals surface area contributed by atoms with Crippen LogP contribution in [0.1, 0.15) is 44.9 Å². The van der Waals surface area contributed by atoms with E-state index in [2.05, 4.69) is 20.9 Å². The van der Waals surface area contributed by atoms with Crippen LogP contribution in [0, 0.1) is 0 Å². The molecule has 0 radical (unpaired) electrons. The van der Waals surface area contributed by atoms with Crippen molar-refractivity contribution in [3.8, 4) is 17.2 Å². The molecular weight excluding hydrogens is 572 g/mol. The third-order valence-corrected chi connectivity index (χ3v) is 7.35. The lowest BCUT2D eigenvalue weighted by molar-refractivity contribution is -0.143. The molecule has 2 heterocycles. The highest BCUT2D eigenvalue weighted by Gasteiger charge is 2.35. The number of fused-ring (bicyclic) bond motifs is 1. The summed E-state index contributed by atoms with van der Waals surface area (Å²) in [7, 11) is 3.12. The van der Waals surface area contributed by atoms with Crippen molar-refractivity contribution >= 4 is 39.3 Å². The van der Waals surface area contributed by atoms with Crippen LogP contribution in [-0.4, -0.2) is 37.5 Å². The zero-order valence-electron chi connectivity index (χ0n) is 22.0. The molecule has 0 aliphatic carbocycles. The van der Waals surface area contributed by atoms with Gasteiger partial charge in [0.15, 0.2) is 16.3 Å². The van der Waals surface area contributed by atoms with Crippen LogP contribution in [0.2, 0.25) is 0 Å². The largest absolute Gasteiger partial charge is 0.496 e. The fourth-order valence-electron chi connectivity index (χ4n) is 4.32. The van der Waals surface area contributed by atoms with Gasteiger partial charge in [0.1, 0.15) is 11.8 Å². The highest BCUT2D eigenvalue weighted by molar-refractivity contribution is 9.10. The number of methoxy groups -OCH3 is 2. The average molecular weight is 602 g/mol. The third-order valence-electron chi connectivity index (χ3n) is 5.88. The number of para-hydroxylation sites is 1. The maximum Gasteiger partial charge on any atom is 0.338 e. The van der Waals surface area contributed by atoms with Crippen LogP contribution in [0.4, 0.5) is 0 Å². The monoisotopic (exact) mass is 600 g/mol. The zero-order chi connectivity index (χ0) is 27.6. The van der Waals surface area contributed by atoms with E-state index in [1.54, 1.807) is 53.2 Å². The molecule has 0 amide bonds. The Morgan fingerprint density at radius 2 is 1.92 bits per heavy atom. The number of hydrogen-bond acceptors (Lipinski definition) is 8. The molecule has 200 valence electrons. The van der Waals surface area contributed by atoms with Crippen molar-refractivity contribution in [3.05, 3.63) is 83.0 Å². The predicted molar refractivity (Wildman–Crippen MR) is 150 cm³/mol. The third kappa shape index (κ3) is 5.28. The highest BCUT2D eigenvalue weighted by Crippen LogP contribution is 2.37. The maximum atomic E-state index is 14.0. The minimum Gasteiger partial charge on any atom is -0.496 e. The highest BCUT2D eigenvalue weighted by atomic mass is 79.9. The van der Waals surface area contributed by atoms with Crippen molar-refractivity contribution in [2.45, 2.75) is 39.8 Å². The first-order valence-corrected chi connectivity index (χ1v) is 13.7. The number of rotatable bonds is 8. The fraction of sp³-hybridized carbons (Fsp3) is 0.321. The molecule has 4 rings (SSSR count). The summed E-state index contributed by atoms with van der Waals surface area (Å²) in [6.07, 6.45) is 1.42. The number of allylic oxidation sites excluding steroid dienone is 1. The van der Waals surface area contributed by atoms with Gasteiger partial charge in [0, 0.05) is 15.6 Å². The van der Waals surface area contributed by atoms with E-state index in [0.29, 0.717) is 50.0 Å². The number of halogens is 1. The summed E-state index contributed by atoms with van der Waals surface area (Å²) >= 11 is 4.76. The van der Waals surface area contributed by atoms with E-state index >= 15 is 0 Å². The van der Waals surface area contributed by atoms with E-state index in [1.807, 2.05) is 31.2 Å². The van der Waals surface area contributed by atoms with Gasteiger partial charge in [0.2, 0.25) is 0 Å². The van der Waals surface area contributed by atoms with Crippen LogP contribution in [0.15, 0.2) is 61.9 Å². The molecule has 8 nitrogen and oxygen atoms in total. The number of ether oxygens (including phenoxy) is 4. The molecule has 0 unspecified atom stereocenters. The van der Waals surface area contributed by atoms with Gasteiger partial charge in [-0.05, 0) is 58.0 Å². The summed E-state index contributed by atoms with van der Waals surface area (Å²) in [5.41, 5.74) is 1.80. The average Bonchev–Trinajstić information content (AvgIpc) is 3.17. The number of nitrogens with zero attached hydrogens (tertiary/aromatic N) is 2. The van der Waals surface area contributed by atoms with Gasteiger partial charge in [-0.15, -0.1) is 0 Å². The van der Waals surface area contributed by atoms with E-state index in [0.717, 1.165) is 4.47 Å². The molecule has 0 fully saturated rings. The summed E-state index contributed by atoms with van der Waals surface area (Å²) in [6, 6.07) is 10.2. The van der Waals surface area contributed by atoms with E-state index in [1.165, 1.54) is 15.9 Å². The van der Waals surface area contributed by atoms with Crippen molar-refractivity contribution in [1.29, 1.82) is 0 Å². The molecule has 38 heavy (non-hydrogen) atoms. The fourth-order valence-corrected chi connectivity index (χ4v) is 5.74. The molecule has 0 N–H and O–H groups in total. The molecular formula is C28H29BrN2O6S. The Bertz CT molecular complexity index is 1590. The Morgan fingerprint density at radius 1 is 1.18 bits per heavy atom. The van der Waals surface area contributed by atoms with E-state index < -0.39 is 12.0 Å². The number of aromatic nitrogens is 1. The molecule has 2 aromatic carbocycles. The van der Waals surface area contributed by atoms with Crippen molar-refractivity contribution in [1.82, 2.24) is 4.57 Å². The normalized spacial score (nSPS) is 15.3. The second-order valence-electron chi connectivity index (χ2n) is 8.73. The first kappa shape index (κ1) is 27.7. The standard InChI is InChI=1S/C28H29BrN2O6S/c1-7-36-25-17(9-8-10-21(25)35-6)13-22-26(32)31-24(19-14-18(29)11-12-20(19)34-5)23(27(33)37-15(2)3)16(4)30-28(31)38-22/h8-15,24H,7H2,1-6H3/b22-13-/t24-/m1/s1. The smallest absolute Gasteiger partial charge is 0.338 e. The van der Waals surface area contributed by atoms with Gasteiger partial charge in [-0.25, -0.2) is 9.79 Å².